The maximum absolute atomic E-state index is 12.6. The van der Waals surface area contributed by atoms with Gasteiger partial charge in [-0.2, -0.15) is 0 Å². The van der Waals surface area contributed by atoms with E-state index in [2.05, 4.69) is 20.8 Å². The van der Waals surface area contributed by atoms with Gasteiger partial charge >= 0.3 is 6.09 Å². The van der Waals surface area contributed by atoms with Gasteiger partial charge in [-0.1, -0.05) is 143 Å². The number of carbonyl (C=O) groups excluding carboxylic acids is 1. The van der Waals surface area contributed by atoms with E-state index in [0.717, 1.165) is 32.4 Å². The standard InChI is InChI=1S/C29H59NO2/c1-4-7-10-13-15-17-19-21-23-26-30(29(31)32-28-25-12-9-6-3)27-24-22-20-18-16-14-11-8-5-2/h4-28H2,1-3H3. The number of carbonyl (C=O) groups is 1. The van der Waals surface area contributed by atoms with Crippen molar-refractivity contribution < 1.29 is 9.53 Å². The largest absolute Gasteiger partial charge is 0.449 e. The molecule has 0 spiro atoms. The third-order valence-electron chi connectivity index (χ3n) is 6.54. The summed E-state index contributed by atoms with van der Waals surface area (Å²) >= 11 is 0. The molecule has 0 fully saturated rings. The normalized spacial score (nSPS) is 11.1. The lowest BCUT2D eigenvalue weighted by Crippen LogP contribution is -2.33. The predicted octanol–water partition coefficient (Wildman–Crippen LogP) is 10.1. The smallest absolute Gasteiger partial charge is 0.409 e. The van der Waals surface area contributed by atoms with Gasteiger partial charge in [0.1, 0.15) is 0 Å². The van der Waals surface area contributed by atoms with Crippen molar-refractivity contribution in [3.05, 3.63) is 0 Å². The predicted molar refractivity (Wildman–Crippen MR) is 142 cm³/mol. The maximum Gasteiger partial charge on any atom is 0.409 e. The molecule has 32 heavy (non-hydrogen) atoms. The number of hydrogen-bond acceptors (Lipinski definition) is 2. The third kappa shape index (κ3) is 22.5. The minimum absolute atomic E-state index is 0.0689. The average Bonchev–Trinajstić information content (AvgIpc) is 2.80. The molecule has 0 atom stereocenters. The highest BCUT2D eigenvalue weighted by Crippen LogP contribution is 2.13. The lowest BCUT2D eigenvalue weighted by Gasteiger charge is -2.22. The fourth-order valence-electron chi connectivity index (χ4n) is 4.30. The van der Waals surface area contributed by atoms with Gasteiger partial charge in [-0.3, -0.25) is 0 Å². The minimum Gasteiger partial charge on any atom is -0.449 e. The van der Waals surface area contributed by atoms with Crippen molar-refractivity contribution in [1.82, 2.24) is 4.90 Å². The van der Waals surface area contributed by atoms with Gasteiger partial charge in [0.15, 0.2) is 0 Å². The van der Waals surface area contributed by atoms with E-state index in [1.54, 1.807) is 0 Å². The van der Waals surface area contributed by atoms with E-state index in [0.29, 0.717) is 6.61 Å². The summed E-state index contributed by atoms with van der Waals surface area (Å²) in [7, 11) is 0. The molecule has 0 aromatic rings. The van der Waals surface area contributed by atoms with E-state index in [9.17, 15) is 4.79 Å². The van der Waals surface area contributed by atoms with Crippen molar-refractivity contribution in [3.63, 3.8) is 0 Å². The highest BCUT2D eigenvalue weighted by molar-refractivity contribution is 5.67. The Morgan fingerprint density at radius 1 is 0.469 bits per heavy atom. The fourth-order valence-corrected chi connectivity index (χ4v) is 4.30. The zero-order valence-electron chi connectivity index (χ0n) is 22.4. The van der Waals surface area contributed by atoms with Crippen molar-refractivity contribution in [2.75, 3.05) is 19.7 Å². The van der Waals surface area contributed by atoms with Crippen molar-refractivity contribution in [2.45, 2.75) is 162 Å². The number of nitrogens with zero attached hydrogens (tertiary/aromatic N) is 1. The summed E-state index contributed by atoms with van der Waals surface area (Å²) in [6.07, 6.45) is 28.3. The van der Waals surface area contributed by atoms with E-state index in [-0.39, 0.29) is 6.09 Å². The quantitative estimate of drug-likeness (QED) is 0.129. The van der Waals surface area contributed by atoms with E-state index in [1.807, 2.05) is 4.90 Å². The summed E-state index contributed by atoms with van der Waals surface area (Å²) in [4.78, 5) is 14.6. The monoisotopic (exact) mass is 453 g/mol. The van der Waals surface area contributed by atoms with Crippen LogP contribution in [0.1, 0.15) is 162 Å². The molecule has 0 rings (SSSR count). The Morgan fingerprint density at radius 2 is 0.781 bits per heavy atom. The van der Waals surface area contributed by atoms with Crippen LogP contribution in [0.25, 0.3) is 0 Å². The van der Waals surface area contributed by atoms with Crippen molar-refractivity contribution in [1.29, 1.82) is 0 Å². The molecule has 0 aromatic carbocycles. The van der Waals surface area contributed by atoms with Crippen LogP contribution in [0.4, 0.5) is 4.79 Å². The van der Waals surface area contributed by atoms with Gasteiger partial charge < -0.3 is 9.64 Å². The van der Waals surface area contributed by atoms with Gasteiger partial charge in [0.2, 0.25) is 0 Å². The zero-order chi connectivity index (χ0) is 23.5. The second-order valence-corrected chi connectivity index (χ2v) is 9.82. The second kappa shape index (κ2) is 26.5. The topological polar surface area (TPSA) is 29.5 Å². The Balaban J connectivity index is 4.00. The molecule has 0 N–H and O–H groups in total. The van der Waals surface area contributed by atoms with Crippen LogP contribution in [-0.2, 0) is 4.74 Å². The highest BCUT2D eigenvalue weighted by Gasteiger charge is 2.14. The van der Waals surface area contributed by atoms with Crippen LogP contribution < -0.4 is 0 Å². The van der Waals surface area contributed by atoms with E-state index >= 15 is 0 Å². The first-order valence-corrected chi connectivity index (χ1v) is 14.7. The van der Waals surface area contributed by atoms with Crippen molar-refractivity contribution in [3.8, 4) is 0 Å². The average molecular weight is 454 g/mol. The van der Waals surface area contributed by atoms with Crippen LogP contribution >= 0.6 is 0 Å². The molecule has 0 saturated heterocycles. The molecule has 0 aliphatic carbocycles. The van der Waals surface area contributed by atoms with Crippen LogP contribution in [0.3, 0.4) is 0 Å². The third-order valence-corrected chi connectivity index (χ3v) is 6.54. The molecular formula is C29H59NO2. The van der Waals surface area contributed by atoms with E-state index < -0.39 is 0 Å². The van der Waals surface area contributed by atoms with Crippen LogP contribution in [0.15, 0.2) is 0 Å². The van der Waals surface area contributed by atoms with Crippen LogP contribution in [0, 0.1) is 0 Å². The lowest BCUT2D eigenvalue weighted by molar-refractivity contribution is 0.0990. The molecule has 3 nitrogen and oxygen atoms in total. The second-order valence-electron chi connectivity index (χ2n) is 9.82. The Labute approximate surface area is 202 Å². The number of unbranched alkanes of at least 4 members (excludes halogenated alkanes) is 19. The summed E-state index contributed by atoms with van der Waals surface area (Å²) in [6, 6.07) is 0. The number of hydrogen-bond donors (Lipinski definition) is 0. The highest BCUT2D eigenvalue weighted by atomic mass is 16.6. The minimum atomic E-state index is -0.0689. The SMILES string of the molecule is CCCCCCCCCCCN(CCCCCCCCCCC)C(=O)OCCCCCC. The molecule has 0 heterocycles. The van der Waals surface area contributed by atoms with E-state index in [4.69, 9.17) is 4.74 Å². The summed E-state index contributed by atoms with van der Waals surface area (Å²) in [5.74, 6) is 0. The van der Waals surface area contributed by atoms with Gasteiger partial charge in [-0.05, 0) is 19.3 Å². The molecule has 0 saturated carbocycles. The Morgan fingerprint density at radius 3 is 1.16 bits per heavy atom. The van der Waals surface area contributed by atoms with Crippen molar-refractivity contribution >= 4 is 6.09 Å². The first-order chi connectivity index (χ1) is 15.8. The van der Waals surface area contributed by atoms with Crippen LogP contribution in [-0.4, -0.2) is 30.7 Å². The van der Waals surface area contributed by atoms with E-state index in [1.165, 1.54) is 122 Å². The molecule has 3 heteroatoms. The Bertz CT molecular complexity index is 350. The summed E-state index contributed by atoms with van der Waals surface area (Å²) < 4.78 is 5.60. The molecule has 0 aromatic heterocycles. The van der Waals surface area contributed by atoms with Crippen LogP contribution in [0.5, 0.6) is 0 Å². The Hall–Kier alpha value is -0.730. The van der Waals surface area contributed by atoms with Gasteiger partial charge in [0.05, 0.1) is 6.61 Å². The first-order valence-electron chi connectivity index (χ1n) is 14.7. The maximum atomic E-state index is 12.6. The summed E-state index contributed by atoms with van der Waals surface area (Å²) in [5, 5.41) is 0. The lowest BCUT2D eigenvalue weighted by atomic mass is 10.1. The molecule has 1 amide bonds. The van der Waals surface area contributed by atoms with Gasteiger partial charge in [0, 0.05) is 13.1 Å². The number of ether oxygens (including phenoxy) is 1. The van der Waals surface area contributed by atoms with Gasteiger partial charge in [0.25, 0.3) is 0 Å². The first kappa shape index (κ1) is 31.3. The summed E-state index contributed by atoms with van der Waals surface area (Å²) in [5.41, 5.74) is 0. The van der Waals surface area contributed by atoms with Gasteiger partial charge in [-0.25, -0.2) is 4.79 Å². The Kier molecular flexibility index (Phi) is 25.9. The molecule has 0 aliphatic rings. The molecule has 0 unspecified atom stereocenters. The fraction of sp³-hybridized carbons (Fsp3) is 0.966. The molecule has 0 aliphatic heterocycles. The van der Waals surface area contributed by atoms with Crippen LogP contribution in [0.2, 0.25) is 0 Å². The number of amides is 1. The number of rotatable bonds is 25. The van der Waals surface area contributed by atoms with Crippen molar-refractivity contribution in [2.24, 2.45) is 0 Å². The summed E-state index contributed by atoms with van der Waals surface area (Å²) in [6.45, 7) is 9.10. The molecule has 0 bridgehead atoms. The molecule has 0 radical (unpaired) electrons. The molecular weight excluding hydrogens is 394 g/mol. The molecule has 192 valence electrons. The van der Waals surface area contributed by atoms with Gasteiger partial charge in [-0.15, -0.1) is 0 Å². The zero-order valence-corrected chi connectivity index (χ0v) is 22.4.